The molecule has 8 heteroatoms. The molecule has 4 rings (SSSR count). The number of nitrogens with zero attached hydrogens (tertiary/aromatic N) is 3. The van der Waals surface area contributed by atoms with Crippen LogP contribution in [0.25, 0.3) is 0 Å². The number of halogens is 2. The molecule has 3 aromatic rings. The van der Waals surface area contributed by atoms with Gasteiger partial charge in [-0.1, -0.05) is 24.3 Å². The molecule has 1 N–H and O–H groups in total. The molecule has 1 aliphatic heterocycles. The van der Waals surface area contributed by atoms with Crippen LogP contribution in [0.1, 0.15) is 30.5 Å². The second kappa shape index (κ2) is 11.5. The van der Waals surface area contributed by atoms with Gasteiger partial charge in [-0.25, -0.2) is 8.78 Å². The molecule has 5 nitrogen and oxygen atoms in total. The van der Waals surface area contributed by atoms with Crippen LogP contribution >= 0.6 is 0 Å². The maximum absolute atomic E-state index is 14.7. The second-order valence-electron chi connectivity index (χ2n) is 8.48. The van der Waals surface area contributed by atoms with Crippen LogP contribution in [0.5, 0.6) is 5.75 Å². The zero-order valence-electron chi connectivity index (χ0n) is 20.2. The fourth-order valence-corrected chi connectivity index (χ4v) is 4.57. The number of likely N-dealkylation sites (N-methyl/N-ethyl adjacent to an activating group) is 1. The molecule has 0 aliphatic carbocycles. The minimum atomic E-state index is -0.657. The standard InChI is InChI=1S/C28H27F2N3O2.Co/c1-4-33-25-13-12-22(35-3)17-23(25)28(2,18-20-10-11-21(29)16-24(20)30)26(33)14-15-31-32-27(34)19-8-6-5-7-9-19;/h5-17H,4,18H2,1-3H3,(H,32,34);/b26-14-,31-15+;. The summed E-state index contributed by atoms with van der Waals surface area (Å²) < 4.78 is 33.7. The van der Waals surface area contributed by atoms with Crippen LogP contribution in [-0.2, 0) is 28.6 Å². The van der Waals surface area contributed by atoms with Crippen LogP contribution in [0.4, 0.5) is 14.5 Å². The number of hydrogen-bond donors (Lipinski definition) is 1. The van der Waals surface area contributed by atoms with Gasteiger partial charge < -0.3 is 14.7 Å². The number of aliphatic hydroxyl groups excluding tert-OH is 1. The van der Waals surface area contributed by atoms with Gasteiger partial charge in [0.1, 0.15) is 17.4 Å². The van der Waals surface area contributed by atoms with E-state index in [9.17, 15) is 13.9 Å². The summed E-state index contributed by atoms with van der Waals surface area (Å²) in [5.74, 6) is -0.698. The van der Waals surface area contributed by atoms with Gasteiger partial charge in [-0.3, -0.25) is 0 Å². The van der Waals surface area contributed by atoms with E-state index < -0.39 is 17.0 Å². The average Bonchev–Trinajstić information content (AvgIpc) is 3.10. The largest absolute Gasteiger partial charge is 0.497 e. The van der Waals surface area contributed by atoms with Crippen LogP contribution < -0.4 is 9.64 Å². The van der Waals surface area contributed by atoms with Crippen LogP contribution in [0.15, 0.2) is 88.7 Å². The number of benzene rings is 3. The molecule has 0 amide bonds. The number of hydrogen-bond acceptors (Lipinski definition) is 4. The van der Waals surface area contributed by atoms with Crippen LogP contribution in [-0.4, -0.2) is 30.9 Å². The van der Waals surface area contributed by atoms with Gasteiger partial charge in [-0.2, -0.15) is 5.10 Å². The van der Waals surface area contributed by atoms with Gasteiger partial charge in [0.05, 0.1) is 13.3 Å². The Morgan fingerprint density at radius 2 is 1.83 bits per heavy atom. The van der Waals surface area contributed by atoms with Crippen molar-refractivity contribution in [2.75, 3.05) is 18.6 Å². The topological polar surface area (TPSA) is 57.4 Å². The average molecular weight is 534 g/mol. The van der Waals surface area contributed by atoms with Crippen molar-refractivity contribution in [2.45, 2.75) is 25.7 Å². The van der Waals surface area contributed by atoms with Crippen molar-refractivity contribution in [3.63, 3.8) is 0 Å². The molecule has 0 fully saturated rings. The number of fused-ring (bicyclic) bond motifs is 1. The monoisotopic (exact) mass is 534 g/mol. The Kier molecular flexibility index (Phi) is 8.65. The number of aliphatic hydroxyl groups is 1. The Balaban J connectivity index is 0.00000361. The second-order valence-corrected chi connectivity index (χ2v) is 8.48. The summed E-state index contributed by atoms with van der Waals surface area (Å²) >= 11 is 0. The molecule has 0 saturated heterocycles. The number of rotatable bonds is 7. The first-order valence-corrected chi connectivity index (χ1v) is 11.3. The van der Waals surface area contributed by atoms with E-state index in [4.69, 9.17) is 4.74 Å². The van der Waals surface area contributed by atoms with E-state index in [2.05, 4.69) is 15.1 Å². The van der Waals surface area contributed by atoms with E-state index in [1.54, 1.807) is 31.4 Å². The predicted octanol–water partition coefficient (Wildman–Crippen LogP) is 6.19. The van der Waals surface area contributed by atoms with Crippen molar-refractivity contribution >= 4 is 17.8 Å². The Bertz CT molecular complexity index is 1310. The molecule has 3 aromatic carbocycles. The summed E-state index contributed by atoms with van der Waals surface area (Å²) in [4.78, 5) is 2.13. The van der Waals surface area contributed by atoms with Gasteiger partial charge in [0, 0.05) is 51.8 Å². The summed E-state index contributed by atoms with van der Waals surface area (Å²) in [6, 6.07) is 18.4. The van der Waals surface area contributed by atoms with Crippen LogP contribution in [0, 0.1) is 11.6 Å². The Morgan fingerprint density at radius 1 is 1.08 bits per heavy atom. The molecular weight excluding hydrogens is 507 g/mol. The molecule has 1 atom stereocenters. The number of methoxy groups -OCH3 is 1. The van der Waals surface area contributed by atoms with Crippen molar-refractivity contribution in [1.82, 2.24) is 0 Å². The Hall–Kier alpha value is -3.49. The molecular formula is C28H27CoF2N3O2. The Labute approximate surface area is 220 Å². The zero-order valence-corrected chi connectivity index (χ0v) is 21.2. The number of allylic oxidation sites excluding steroid dienone is 2. The van der Waals surface area contributed by atoms with Crippen molar-refractivity contribution in [1.29, 1.82) is 0 Å². The normalized spacial score (nSPS) is 18.4. The summed E-state index contributed by atoms with van der Waals surface area (Å²) in [5.41, 5.74) is 3.14. The smallest absolute Gasteiger partial charge is 0.238 e. The van der Waals surface area contributed by atoms with E-state index in [0.717, 1.165) is 23.0 Å². The van der Waals surface area contributed by atoms with Gasteiger partial charge in [-0.05, 0) is 73.9 Å². The van der Waals surface area contributed by atoms with E-state index in [-0.39, 0.29) is 22.7 Å². The molecule has 0 aromatic heterocycles. The summed E-state index contributed by atoms with van der Waals surface area (Å²) in [6.45, 7) is 4.72. The Morgan fingerprint density at radius 3 is 2.50 bits per heavy atom. The van der Waals surface area contributed by atoms with Crippen molar-refractivity contribution < 1.29 is 35.4 Å². The van der Waals surface area contributed by atoms with Crippen molar-refractivity contribution in [2.24, 2.45) is 10.2 Å². The third-order valence-electron chi connectivity index (χ3n) is 6.30. The van der Waals surface area contributed by atoms with Crippen molar-refractivity contribution in [3.05, 3.63) is 107 Å². The van der Waals surface area contributed by atoms with Gasteiger partial charge in [0.25, 0.3) is 0 Å². The molecule has 1 heterocycles. The zero-order chi connectivity index (χ0) is 25.0. The van der Waals surface area contributed by atoms with Gasteiger partial charge >= 0.3 is 0 Å². The van der Waals surface area contributed by atoms with Crippen LogP contribution in [0.2, 0.25) is 0 Å². The fraction of sp³-hybridized carbons (Fsp3) is 0.214. The quantitative estimate of drug-likeness (QED) is 0.224. The molecule has 1 aliphatic rings. The summed E-state index contributed by atoms with van der Waals surface area (Å²) in [6.07, 6.45) is 3.63. The molecule has 1 unspecified atom stereocenters. The molecule has 0 bridgehead atoms. The predicted molar refractivity (Wildman–Crippen MR) is 136 cm³/mol. The van der Waals surface area contributed by atoms with Crippen LogP contribution in [0.3, 0.4) is 0 Å². The van der Waals surface area contributed by atoms with E-state index in [0.29, 0.717) is 29.8 Å². The fourth-order valence-electron chi connectivity index (χ4n) is 4.57. The molecule has 0 spiro atoms. The number of anilines is 1. The summed E-state index contributed by atoms with van der Waals surface area (Å²) in [7, 11) is 1.60. The van der Waals surface area contributed by atoms with E-state index in [1.807, 2.05) is 44.2 Å². The maximum atomic E-state index is 14.7. The van der Waals surface area contributed by atoms with E-state index >= 15 is 0 Å². The maximum Gasteiger partial charge on any atom is 0.238 e. The molecule has 1 radical (unpaired) electrons. The first-order chi connectivity index (χ1) is 16.9. The number of ether oxygens (including phenoxy) is 1. The van der Waals surface area contributed by atoms with Gasteiger partial charge in [0.15, 0.2) is 0 Å². The minimum absolute atomic E-state index is 0. The van der Waals surface area contributed by atoms with Gasteiger partial charge in [0.2, 0.25) is 5.90 Å². The molecule has 0 saturated carbocycles. The first kappa shape index (κ1) is 27.1. The molecule has 189 valence electrons. The summed E-state index contributed by atoms with van der Waals surface area (Å²) in [5, 5.41) is 18.1. The van der Waals surface area contributed by atoms with Crippen molar-refractivity contribution in [3.8, 4) is 5.75 Å². The third-order valence-corrected chi connectivity index (χ3v) is 6.30. The first-order valence-electron chi connectivity index (χ1n) is 11.3. The SMILES string of the molecule is CCN1\C(=C/C=N/N=C(\O)c2ccccc2)C(C)(Cc2ccc(F)cc2F)c2cc(OC)ccc21.[Co]. The third kappa shape index (κ3) is 5.34. The minimum Gasteiger partial charge on any atom is -0.497 e. The molecule has 36 heavy (non-hydrogen) atoms. The van der Waals surface area contributed by atoms with E-state index in [1.165, 1.54) is 18.3 Å². The van der Waals surface area contributed by atoms with Gasteiger partial charge in [-0.15, -0.1) is 5.10 Å².